The summed E-state index contributed by atoms with van der Waals surface area (Å²) in [4.78, 5) is 0. The molecule has 2 rings (SSSR count). The molecule has 1 fully saturated rings. The fourth-order valence-electron chi connectivity index (χ4n) is 2.54. The lowest BCUT2D eigenvalue weighted by atomic mass is 10.1. The van der Waals surface area contributed by atoms with E-state index in [1.54, 1.807) is 6.07 Å². The molecule has 0 aliphatic carbocycles. The van der Waals surface area contributed by atoms with Crippen LogP contribution in [0.5, 0.6) is 0 Å². The third-order valence-corrected chi connectivity index (χ3v) is 3.56. The monoisotopic (exact) mass is 287 g/mol. The SMILES string of the molecule is CC1(C)CCC(CNCc2ccccc2C(F)(F)F)O1. The Bertz CT molecular complexity index is 457. The first kappa shape index (κ1) is 15.3. The molecule has 1 aliphatic heterocycles. The lowest BCUT2D eigenvalue weighted by Crippen LogP contribution is -2.29. The van der Waals surface area contributed by atoms with Crippen LogP contribution in [-0.2, 0) is 17.5 Å². The van der Waals surface area contributed by atoms with E-state index < -0.39 is 11.7 Å². The maximum absolute atomic E-state index is 12.8. The molecule has 5 heteroatoms. The minimum absolute atomic E-state index is 0.0862. The van der Waals surface area contributed by atoms with Crippen molar-refractivity contribution < 1.29 is 17.9 Å². The van der Waals surface area contributed by atoms with Gasteiger partial charge in [0.15, 0.2) is 0 Å². The molecule has 1 N–H and O–H groups in total. The van der Waals surface area contributed by atoms with Crippen molar-refractivity contribution in [3.05, 3.63) is 35.4 Å². The van der Waals surface area contributed by atoms with Gasteiger partial charge in [-0.25, -0.2) is 0 Å². The highest BCUT2D eigenvalue weighted by molar-refractivity contribution is 5.29. The van der Waals surface area contributed by atoms with Crippen LogP contribution < -0.4 is 5.32 Å². The van der Waals surface area contributed by atoms with Crippen molar-refractivity contribution in [2.45, 2.75) is 51.1 Å². The van der Waals surface area contributed by atoms with Crippen molar-refractivity contribution in [1.82, 2.24) is 5.32 Å². The second-order valence-electron chi connectivity index (χ2n) is 5.82. The molecule has 0 amide bonds. The highest BCUT2D eigenvalue weighted by Crippen LogP contribution is 2.32. The van der Waals surface area contributed by atoms with Gasteiger partial charge in [0.05, 0.1) is 17.3 Å². The zero-order valence-electron chi connectivity index (χ0n) is 11.8. The minimum atomic E-state index is -4.30. The van der Waals surface area contributed by atoms with Gasteiger partial charge in [-0.05, 0) is 38.3 Å². The second-order valence-corrected chi connectivity index (χ2v) is 5.82. The zero-order valence-corrected chi connectivity index (χ0v) is 11.8. The van der Waals surface area contributed by atoms with E-state index in [0.29, 0.717) is 6.54 Å². The zero-order chi connectivity index (χ0) is 14.8. The summed E-state index contributed by atoms with van der Waals surface area (Å²) in [6.45, 7) is 4.85. The van der Waals surface area contributed by atoms with E-state index in [0.717, 1.165) is 18.9 Å². The summed E-state index contributed by atoms with van der Waals surface area (Å²) in [5.41, 5.74) is -0.409. The Balaban J connectivity index is 1.89. The molecule has 1 aliphatic rings. The maximum Gasteiger partial charge on any atom is 0.416 e. The summed E-state index contributed by atoms with van der Waals surface area (Å²) < 4.78 is 44.3. The van der Waals surface area contributed by atoms with Crippen LogP contribution in [0.25, 0.3) is 0 Å². The van der Waals surface area contributed by atoms with Gasteiger partial charge in [0.25, 0.3) is 0 Å². The molecule has 0 bridgehead atoms. The van der Waals surface area contributed by atoms with Crippen LogP contribution in [0.2, 0.25) is 0 Å². The number of hydrogen-bond donors (Lipinski definition) is 1. The highest BCUT2D eigenvalue weighted by atomic mass is 19.4. The molecule has 0 aromatic heterocycles. The Labute approximate surface area is 117 Å². The summed E-state index contributed by atoms with van der Waals surface area (Å²) in [5, 5.41) is 3.07. The van der Waals surface area contributed by atoms with E-state index in [1.807, 2.05) is 13.8 Å². The number of benzene rings is 1. The second kappa shape index (κ2) is 5.74. The number of hydrogen-bond acceptors (Lipinski definition) is 2. The van der Waals surface area contributed by atoms with Gasteiger partial charge in [0.1, 0.15) is 0 Å². The topological polar surface area (TPSA) is 21.3 Å². The smallest absolute Gasteiger partial charge is 0.371 e. The van der Waals surface area contributed by atoms with Crippen LogP contribution in [0.15, 0.2) is 24.3 Å². The Morgan fingerprint density at radius 2 is 2.00 bits per heavy atom. The first-order chi connectivity index (χ1) is 9.28. The van der Waals surface area contributed by atoms with Crippen molar-refractivity contribution >= 4 is 0 Å². The van der Waals surface area contributed by atoms with Crippen molar-refractivity contribution in [1.29, 1.82) is 0 Å². The first-order valence-corrected chi connectivity index (χ1v) is 6.81. The van der Waals surface area contributed by atoms with Crippen LogP contribution >= 0.6 is 0 Å². The molecule has 1 aromatic carbocycles. The van der Waals surface area contributed by atoms with Gasteiger partial charge in [-0.15, -0.1) is 0 Å². The van der Waals surface area contributed by atoms with Crippen molar-refractivity contribution in [2.75, 3.05) is 6.54 Å². The molecule has 0 radical (unpaired) electrons. The van der Waals surface area contributed by atoms with Gasteiger partial charge in [0.2, 0.25) is 0 Å². The summed E-state index contributed by atoms with van der Waals surface area (Å²) in [6.07, 6.45) is -2.29. The van der Waals surface area contributed by atoms with Gasteiger partial charge in [-0.3, -0.25) is 0 Å². The average molecular weight is 287 g/mol. The van der Waals surface area contributed by atoms with Crippen molar-refractivity contribution in [2.24, 2.45) is 0 Å². The molecule has 2 nitrogen and oxygen atoms in total. The van der Waals surface area contributed by atoms with Gasteiger partial charge in [0, 0.05) is 13.1 Å². The van der Waals surface area contributed by atoms with Gasteiger partial charge < -0.3 is 10.1 Å². The number of rotatable bonds is 4. The number of ether oxygens (including phenoxy) is 1. The third kappa shape index (κ3) is 3.96. The van der Waals surface area contributed by atoms with Gasteiger partial charge in [-0.2, -0.15) is 13.2 Å². The molecular weight excluding hydrogens is 267 g/mol. The Morgan fingerprint density at radius 1 is 1.30 bits per heavy atom. The predicted octanol–water partition coefficient (Wildman–Crippen LogP) is 3.75. The quantitative estimate of drug-likeness (QED) is 0.910. The van der Waals surface area contributed by atoms with Crippen LogP contribution in [0.1, 0.15) is 37.8 Å². The fraction of sp³-hybridized carbons (Fsp3) is 0.600. The number of nitrogens with one attached hydrogen (secondary N) is 1. The highest BCUT2D eigenvalue weighted by Gasteiger charge is 2.33. The molecule has 1 saturated heterocycles. The maximum atomic E-state index is 12.8. The van der Waals surface area contributed by atoms with Crippen LogP contribution in [0, 0.1) is 0 Å². The Hall–Kier alpha value is -1.07. The summed E-state index contributed by atoms with van der Waals surface area (Å²) in [7, 11) is 0. The normalized spacial score (nSPS) is 22.1. The summed E-state index contributed by atoms with van der Waals surface area (Å²) in [6, 6.07) is 5.66. The molecule has 1 aromatic rings. The first-order valence-electron chi connectivity index (χ1n) is 6.81. The van der Waals surface area contributed by atoms with E-state index in [9.17, 15) is 13.2 Å². The molecule has 112 valence electrons. The summed E-state index contributed by atoms with van der Waals surface area (Å²) in [5.74, 6) is 0. The van der Waals surface area contributed by atoms with E-state index in [4.69, 9.17) is 4.74 Å². The Kier molecular flexibility index (Phi) is 4.39. The number of alkyl halides is 3. The van der Waals surface area contributed by atoms with Crippen LogP contribution in [0.3, 0.4) is 0 Å². The summed E-state index contributed by atoms with van der Waals surface area (Å²) >= 11 is 0. The average Bonchev–Trinajstić information content (AvgIpc) is 2.68. The van der Waals surface area contributed by atoms with Gasteiger partial charge >= 0.3 is 6.18 Å². The van der Waals surface area contributed by atoms with Crippen molar-refractivity contribution in [3.63, 3.8) is 0 Å². The number of halogens is 3. The predicted molar refractivity (Wildman–Crippen MR) is 71.3 cm³/mol. The van der Waals surface area contributed by atoms with Crippen LogP contribution in [-0.4, -0.2) is 18.2 Å². The largest absolute Gasteiger partial charge is 0.416 e. The standard InChI is InChI=1S/C15H20F3NO/c1-14(2)8-7-12(20-14)10-19-9-11-5-3-4-6-13(11)15(16,17)18/h3-6,12,19H,7-10H2,1-2H3. The van der Waals surface area contributed by atoms with E-state index in [1.165, 1.54) is 12.1 Å². The van der Waals surface area contributed by atoms with Crippen molar-refractivity contribution in [3.8, 4) is 0 Å². The molecule has 1 heterocycles. The fourth-order valence-corrected chi connectivity index (χ4v) is 2.54. The lowest BCUT2D eigenvalue weighted by molar-refractivity contribution is -0.138. The Morgan fingerprint density at radius 3 is 2.60 bits per heavy atom. The minimum Gasteiger partial charge on any atom is -0.371 e. The van der Waals surface area contributed by atoms with E-state index in [2.05, 4.69) is 5.32 Å². The molecular formula is C15H20F3NO. The molecule has 0 spiro atoms. The van der Waals surface area contributed by atoms with E-state index >= 15 is 0 Å². The molecule has 20 heavy (non-hydrogen) atoms. The van der Waals surface area contributed by atoms with Gasteiger partial charge in [-0.1, -0.05) is 18.2 Å². The van der Waals surface area contributed by atoms with Crippen LogP contribution in [0.4, 0.5) is 13.2 Å². The van der Waals surface area contributed by atoms with E-state index in [-0.39, 0.29) is 23.8 Å². The molecule has 1 atom stereocenters. The third-order valence-electron chi connectivity index (χ3n) is 3.56. The molecule has 1 unspecified atom stereocenters. The lowest BCUT2D eigenvalue weighted by Gasteiger charge is -2.20. The molecule has 0 saturated carbocycles.